The van der Waals surface area contributed by atoms with Crippen LogP contribution in [0.5, 0.6) is 5.75 Å². The molecular formula is C18H25NO3. The zero-order chi connectivity index (χ0) is 16.1. The normalized spacial score (nSPS) is 21.5. The van der Waals surface area contributed by atoms with Crippen molar-refractivity contribution in [3.05, 3.63) is 29.8 Å². The van der Waals surface area contributed by atoms with E-state index in [1.165, 1.54) is 0 Å². The van der Waals surface area contributed by atoms with E-state index in [2.05, 4.69) is 0 Å². The summed E-state index contributed by atoms with van der Waals surface area (Å²) >= 11 is 0. The molecule has 120 valence electrons. The molecule has 1 amide bonds. The number of carbonyl (C=O) groups is 2. The standard InChI is InChI=1S/C18H25NO3/c1-4-19(12-14-5-8-16(22-3)9-6-14)18(21)17-10-7-15(20)11-13(17)2/h5-6,8-9,13,17H,4,7,10-12H2,1-3H3/t13-,17-/m0/s1. The number of ether oxygens (including phenoxy) is 1. The van der Waals surface area contributed by atoms with Crippen LogP contribution in [-0.4, -0.2) is 30.2 Å². The van der Waals surface area contributed by atoms with Gasteiger partial charge < -0.3 is 9.64 Å². The Balaban J connectivity index is 2.03. The van der Waals surface area contributed by atoms with Crippen molar-refractivity contribution >= 4 is 11.7 Å². The molecule has 4 heteroatoms. The molecule has 4 nitrogen and oxygen atoms in total. The molecule has 0 aromatic heterocycles. The van der Waals surface area contributed by atoms with Gasteiger partial charge in [-0.05, 0) is 37.0 Å². The second kappa shape index (κ2) is 7.43. The average Bonchev–Trinajstić information content (AvgIpc) is 2.52. The van der Waals surface area contributed by atoms with E-state index in [-0.39, 0.29) is 23.5 Å². The quantitative estimate of drug-likeness (QED) is 0.840. The van der Waals surface area contributed by atoms with Crippen LogP contribution in [-0.2, 0) is 16.1 Å². The fourth-order valence-electron chi connectivity index (χ4n) is 3.10. The van der Waals surface area contributed by atoms with Gasteiger partial charge in [-0.2, -0.15) is 0 Å². The molecule has 1 fully saturated rings. The highest BCUT2D eigenvalue weighted by Crippen LogP contribution is 2.29. The van der Waals surface area contributed by atoms with Gasteiger partial charge in [0, 0.05) is 31.8 Å². The van der Waals surface area contributed by atoms with Gasteiger partial charge in [-0.15, -0.1) is 0 Å². The lowest BCUT2D eigenvalue weighted by molar-refractivity contribution is -0.140. The number of rotatable bonds is 5. The van der Waals surface area contributed by atoms with Gasteiger partial charge in [0.15, 0.2) is 0 Å². The largest absolute Gasteiger partial charge is 0.497 e. The molecule has 0 heterocycles. The van der Waals surface area contributed by atoms with Crippen LogP contribution in [0.3, 0.4) is 0 Å². The third-order valence-corrected chi connectivity index (χ3v) is 4.51. The van der Waals surface area contributed by atoms with Crippen molar-refractivity contribution in [2.45, 2.75) is 39.7 Å². The third kappa shape index (κ3) is 3.87. The predicted octanol–water partition coefficient (Wildman–Crippen LogP) is 3.05. The van der Waals surface area contributed by atoms with E-state index in [1.54, 1.807) is 7.11 Å². The number of carbonyl (C=O) groups excluding carboxylic acids is 2. The van der Waals surface area contributed by atoms with Crippen LogP contribution in [0.1, 0.15) is 38.7 Å². The van der Waals surface area contributed by atoms with Crippen LogP contribution in [0.4, 0.5) is 0 Å². The molecule has 1 saturated carbocycles. The Kier molecular flexibility index (Phi) is 5.58. The number of hydrogen-bond acceptors (Lipinski definition) is 3. The van der Waals surface area contributed by atoms with Gasteiger partial charge in [-0.25, -0.2) is 0 Å². The van der Waals surface area contributed by atoms with Crippen LogP contribution in [0.15, 0.2) is 24.3 Å². The minimum atomic E-state index is -0.0177. The summed E-state index contributed by atoms with van der Waals surface area (Å²) in [5, 5.41) is 0. The van der Waals surface area contributed by atoms with Gasteiger partial charge in [0.25, 0.3) is 0 Å². The first-order chi connectivity index (χ1) is 10.5. The lowest BCUT2D eigenvalue weighted by Crippen LogP contribution is -2.40. The molecule has 1 aliphatic carbocycles. The number of nitrogens with zero attached hydrogens (tertiary/aromatic N) is 1. The molecule has 0 saturated heterocycles. The summed E-state index contributed by atoms with van der Waals surface area (Å²) in [6, 6.07) is 7.80. The summed E-state index contributed by atoms with van der Waals surface area (Å²) in [5.74, 6) is 1.42. The van der Waals surface area contributed by atoms with Crippen LogP contribution in [0.2, 0.25) is 0 Å². The SMILES string of the molecule is CCN(Cc1ccc(OC)cc1)C(=O)[C@H]1CCC(=O)C[C@@H]1C. The van der Waals surface area contributed by atoms with Gasteiger partial charge in [-0.1, -0.05) is 19.1 Å². The van der Waals surface area contributed by atoms with Gasteiger partial charge in [0.2, 0.25) is 5.91 Å². The summed E-state index contributed by atoms with van der Waals surface area (Å²) in [6.07, 6.45) is 1.77. The number of methoxy groups -OCH3 is 1. The van der Waals surface area contributed by atoms with Crippen molar-refractivity contribution < 1.29 is 14.3 Å². The smallest absolute Gasteiger partial charge is 0.226 e. The van der Waals surface area contributed by atoms with Gasteiger partial charge in [0.1, 0.15) is 11.5 Å². The molecular weight excluding hydrogens is 278 g/mol. The molecule has 1 aromatic rings. The maximum atomic E-state index is 12.8. The Hall–Kier alpha value is -1.84. The highest BCUT2D eigenvalue weighted by Gasteiger charge is 2.33. The maximum Gasteiger partial charge on any atom is 0.226 e. The minimum Gasteiger partial charge on any atom is -0.497 e. The molecule has 0 spiro atoms. The Labute approximate surface area is 132 Å². The first-order valence-electron chi connectivity index (χ1n) is 7.98. The van der Waals surface area contributed by atoms with Crippen molar-refractivity contribution in [1.82, 2.24) is 4.90 Å². The van der Waals surface area contributed by atoms with E-state index in [9.17, 15) is 9.59 Å². The zero-order valence-electron chi connectivity index (χ0n) is 13.7. The molecule has 1 aromatic carbocycles. The van der Waals surface area contributed by atoms with E-state index in [1.807, 2.05) is 43.0 Å². The highest BCUT2D eigenvalue weighted by atomic mass is 16.5. The first kappa shape index (κ1) is 16.5. The number of hydrogen-bond donors (Lipinski definition) is 0. The summed E-state index contributed by atoms with van der Waals surface area (Å²) in [6.45, 7) is 5.31. The number of ketones is 1. The Morgan fingerprint density at radius 2 is 2.00 bits per heavy atom. The number of Topliss-reactive ketones (excluding diaryl/α,β-unsaturated/α-hetero) is 1. The fourth-order valence-corrected chi connectivity index (χ4v) is 3.10. The van der Waals surface area contributed by atoms with E-state index >= 15 is 0 Å². The van der Waals surface area contributed by atoms with E-state index in [0.717, 1.165) is 11.3 Å². The predicted molar refractivity (Wildman–Crippen MR) is 85.6 cm³/mol. The maximum absolute atomic E-state index is 12.8. The number of benzene rings is 1. The van der Waals surface area contributed by atoms with E-state index < -0.39 is 0 Å². The van der Waals surface area contributed by atoms with Gasteiger partial charge in [-0.3, -0.25) is 9.59 Å². The zero-order valence-corrected chi connectivity index (χ0v) is 13.7. The van der Waals surface area contributed by atoms with Gasteiger partial charge in [0.05, 0.1) is 7.11 Å². The first-order valence-corrected chi connectivity index (χ1v) is 7.98. The van der Waals surface area contributed by atoms with Crippen molar-refractivity contribution in [1.29, 1.82) is 0 Å². The molecule has 22 heavy (non-hydrogen) atoms. The van der Waals surface area contributed by atoms with E-state index in [4.69, 9.17) is 4.74 Å². The minimum absolute atomic E-state index is 0.0177. The van der Waals surface area contributed by atoms with Crippen LogP contribution >= 0.6 is 0 Å². The Bertz CT molecular complexity index is 524. The summed E-state index contributed by atoms with van der Waals surface area (Å²) < 4.78 is 5.15. The molecule has 2 atom stereocenters. The van der Waals surface area contributed by atoms with Crippen molar-refractivity contribution in [2.24, 2.45) is 11.8 Å². The van der Waals surface area contributed by atoms with Crippen LogP contribution < -0.4 is 4.74 Å². The lowest BCUT2D eigenvalue weighted by Gasteiger charge is -2.32. The summed E-state index contributed by atoms with van der Waals surface area (Å²) in [5.41, 5.74) is 1.09. The average molecular weight is 303 g/mol. The fraction of sp³-hybridized carbons (Fsp3) is 0.556. The molecule has 0 N–H and O–H groups in total. The summed E-state index contributed by atoms with van der Waals surface area (Å²) in [7, 11) is 1.64. The molecule has 0 radical (unpaired) electrons. The monoisotopic (exact) mass is 303 g/mol. The van der Waals surface area contributed by atoms with Crippen molar-refractivity contribution in [2.75, 3.05) is 13.7 Å². The Morgan fingerprint density at radius 3 is 2.55 bits per heavy atom. The lowest BCUT2D eigenvalue weighted by atomic mass is 9.79. The molecule has 2 rings (SSSR count). The number of amides is 1. The molecule has 0 aliphatic heterocycles. The molecule has 0 bridgehead atoms. The molecule has 1 aliphatic rings. The van der Waals surface area contributed by atoms with E-state index in [0.29, 0.717) is 32.4 Å². The van der Waals surface area contributed by atoms with Crippen molar-refractivity contribution in [3.63, 3.8) is 0 Å². The highest BCUT2D eigenvalue weighted by molar-refractivity contribution is 5.85. The second-order valence-electron chi connectivity index (χ2n) is 6.07. The molecule has 0 unspecified atom stereocenters. The van der Waals surface area contributed by atoms with Crippen molar-refractivity contribution in [3.8, 4) is 5.75 Å². The Morgan fingerprint density at radius 1 is 1.32 bits per heavy atom. The van der Waals surface area contributed by atoms with Crippen LogP contribution in [0.25, 0.3) is 0 Å². The summed E-state index contributed by atoms with van der Waals surface area (Å²) in [4.78, 5) is 26.1. The van der Waals surface area contributed by atoms with Gasteiger partial charge >= 0.3 is 0 Å². The second-order valence-corrected chi connectivity index (χ2v) is 6.07. The topological polar surface area (TPSA) is 46.6 Å². The third-order valence-electron chi connectivity index (χ3n) is 4.51. The van der Waals surface area contributed by atoms with Crippen LogP contribution in [0, 0.1) is 11.8 Å².